The number of aromatic hydroxyl groups is 1. The van der Waals surface area contributed by atoms with Crippen molar-refractivity contribution in [3.63, 3.8) is 0 Å². The van der Waals surface area contributed by atoms with Crippen LogP contribution < -0.4 is 0 Å². The van der Waals surface area contributed by atoms with E-state index in [0.717, 1.165) is 0 Å². The second-order valence-electron chi connectivity index (χ2n) is 3.80. The molecular weight excluding hydrogens is 285 g/mol. The van der Waals surface area contributed by atoms with Gasteiger partial charge in [-0.05, 0) is 18.2 Å². The molecule has 2 aromatic rings. The van der Waals surface area contributed by atoms with Gasteiger partial charge in [0.1, 0.15) is 5.75 Å². The number of rotatable bonds is 3. The lowest BCUT2D eigenvalue weighted by Gasteiger charge is -2.02. The first kappa shape index (κ1) is 13.7. The molecule has 1 aromatic heterocycles. The van der Waals surface area contributed by atoms with Crippen LogP contribution in [0.3, 0.4) is 0 Å². The molecule has 0 unspecified atom stereocenters. The number of benzene rings is 1. The predicted octanol–water partition coefficient (Wildman–Crippen LogP) is 3.59. The predicted molar refractivity (Wildman–Crippen MR) is 60.8 cm³/mol. The Hall–Kier alpha value is -1.76. The zero-order valence-corrected chi connectivity index (χ0v) is 10.2. The van der Waals surface area contributed by atoms with E-state index in [1.165, 1.54) is 18.2 Å². The average molecular weight is 293 g/mol. The van der Waals surface area contributed by atoms with E-state index in [1.54, 1.807) is 0 Å². The molecule has 102 valence electrons. The summed E-state index contributed by atoms with van der Waals surface area (Å²) in [4.78, 5) is 3.81. The van der Waals surface area contributed by atoms with Gasteiger partial charge in [0.15, 0.2) is 5.82 Å². The monoisotopic (exact) mass is 292 g/mol. The van der Waals surface area contributed by atoms with Gasteiger partial charge in [-0.2, -0.15) is 18.2 Å². The maximum Gasteiger partial charge on any atom is 0.389 e. The van der Waals surface area contributed by atoms with Crippen LogP contribution in [0.1, 0.15) is 12.2 Å². The van der Waals surface area contributed by atoms with E-state index in [-0.39, 0.29) is 34.5 Å². The number of aromatic nitrogens is 2. The summed E-state index contributed by atoms with van der Waals surface area (Å²) < 4.78 is 41.0. The molecule has 0 atom stereocenters. The van der Waals surface area contributed by atoms with Gasteiger partial charge in [-0.15, -0.1) is 0 Å². The van der Waals surface area contributed by atoms with Crippen LogP contribution in [0.25, 0.3) is 11.5 Å². The third-order valence-corrected chi connectivity index (χ3v) is 2.61. The minimum absolute atomic E-state index is 0.0296. The van der Waals surface area contributed by atoms with Gasteiger partial charge < -0.3 is 9.63 Å². The molecule has 8 heteroatoms. The first-order valence-electron chi connectivity index (χ1n) is 5.23. The van der Waals surface area contributed by atoms with Gasteiger partial charge in [-0.1, -0.05) is 16.8 Å². The van der Waals surface area contributed by atoms with Crippen LogP contribution in [0, 0.1) is 0 Å². The number of phenols is 1. The van der Waals surface area contributed by atoms with E-state index in [9.17, 15) is 18.3 Å². The zero-order valence-electron chi connectivity index (χ0n) is 9.41. The first-order valence-corrected chi connectivity index (χ1v) is 5.61. The third kappa shape index (κ3) is 3.60. The van der Waals surface area contributed by atoms with Crippen molar-refractivity contribution in [2.45, 2.75) is 19.0 Å². The van der Waals surface area contributed by atoms with Gasteiger partial charge in [0.05, 0.1) is 17.0 Å². The van der Waals surface area contributed by atoms with E-state index in [1.807, 2.05) is 0 Å². The summed E-state index contributed by atoms with van der Waals surface area (Å²) in [5.41, 5.74) is 0.271. The molecule has 1 heterocycles. The second-order valence-corrected chi connectivity index (χ2v) is 4.20. The molecule has 1 aromatic carbocycles. The number of aryl methyl sites for hydroxylation is 1. The summed E-state index contributed by atoms with van der Waals surface area (Å²) in [5, 5.41) is 13.0. The number of hydrogen-bond acceptors (Lipinski definition) is 4. The molecule has 4 nitrogen and oxygen atoms in total. The largest absolute Gasteiger partial charge is 0.508 e. The van der Waals surface area contributed by atoms with Gasteiger partial charge in [0.25, 0.3) is 5.89 Å². The second kappa shape index (κ2) is 5.08. The molecule has 0 fully saturated rings. The van der Waals surface area contributed by atoms with Crippen molar-refractivity contribution in [1.82, 2.24) is 10.1 Å². The highest BCUT2D eigenvalue weighted by molar-refractivity contribution is 6.33. The topological polar surface area (TPSA) is 59.2 Å². The first-order chi connectivity index (χ1) is 8.85. The maximum atomic E-state index is 12.0. The molecule has 0 aliphatic carbocycles. The molecule has 0 aliphatic rings. The van der Waals surface area contributed by atoms with Crippen LogP contribution in [0.15, 0.2) is 22.7 Å². The molecule has 0 saturated heterocycles. The van der Waals surface area contributed by atoms with Crippen molar-refractivity contribution in [1.29, 1.82) is 0 Å². The van der Waals surface area contributed by atoms with E-state index < -0.39 is 12.6 Å². The Morgan fingerprint density at radius 1 is 1.32 bits per heavy atom. The summed E-state index contributed by atoms with van der Waals surface area (Å²) in [7, 11) is 0. The molecule has 0 spiro atoms. The van der Waals surface area contributed by atoms with Gasteiger partial charge in [-0.3, -0.25) is 0 Å². The van der Waals surface area contributed by atoms with Crippen LogP contribution >= 0.6 is 11.6 Å². The van der Waals surface area contributed by atoms with E-state index in [0.29, 0.717) is 0 Å². The van der Waals surface area contributed by atoms with Crippen LogP contribution in [0.2, 0.25) is 5.02 Å². The lowest BCUT2D eigenvalue weighted by atomic mass is 10.2. The minimum atomic E-state index is -4.27. The molecular formula is C11H8ClF3N2O2. The Labute approximate surface area is 110 Å². The molecule has 0 bridgehead atoms. The SMILES string of the molecule is Oc1ccc(Cl)c(-c2nc(CCC(F)(F)F)no2)c1. The van der Waals surface area contributed by atoms with E-state index in [2.05, 4.69) is 10.1 Å². The molecule has 19 heavy (non-hydrogen) atoms. The van der Waals surface area contributed by atoms with Crippen molar-refractivity contribution in [2.24, 2.45) is 0 Å². The zero-order chi connectivity index (χ0) is 14.0. The van der Waals surface area contributed by atoms with Crippen LogP contribution in [-0.2, 0) is 6.42 Å². The normalized spacial score (nSPS) is 11.8. The highest BCUT2D eigenvalue weighted by Gasteiger charge is 2.27. The molecule has 1 N–H and O–H groups in total. The molecule has 0 amide bonds. The third-order valence-electron chi connectivity index (χ3n) is 2.28. The maximum absolute atomic E-state index is 12.0. The molecule has 0 saturated carbocycles. The average Bonchev–Trinajstić information content (AvgIpc) is 2.77. The van der Waals surface area contributed by atoms with Crippen molar-refractivity contribution in [3.8, 4) is 17.2 Å². The van der Waals surface area contributed by atoms with Crippen molar-refractivity contribution >= 4 is 11.6 Å². The number of alkyl halides is 3. The standard InChI is InChI=1S/C11H8ClF3N2O2/c12-8-2-1-6(18)5-7(8)10-16-9(17-19-10)3-4-11(13,14)15/h1-2,5,18H,3-4H2. The van der Waals surface area contributed by atoms with Gasteiger partial charge in [0, 0.05) is 6.42 Å². The lowest BCUT2D eigenvalue weighted by molar-refractivity contribution is -0.134. The summed E-state index contributed by atoms with van der Waals surface area (Å²) in [5.74, 6) is -0.153. The fourth-order valence-electron chi connectivity index (χ4n) is 1.40. The number of phenolic OH excluding ortho intramolecular Hbond substituents is 1. The summed E-state index contributed by atoms with van der Waals surface area (Å²) in [6.45, 7) is 0. The van der Waals surface area contributed by atoms with Crippen molar-refractivity contribution in [2.75, 3.05) is 0 Å². The smallest absolute Gasteiger partial charge is 0.389 e. The van der Waals surface area contributed by atoms with Crippen LogP contribution in [0.4, 0.5) is 13.2 Å². The van der Waals surface area contributed by atoms with Gasteiger partial charge >= 0.3 is 6.18 Å². The van der Waals surface area contributed by atoms with E-state index in [4.69, 9.17) is 16.1 Å². The number of hydrogen-bond donors (Lipinski definition) is 1. The van der Waals surface area contributed by atoms with Crippen LogP contribution in [-0.4, -0.2) is 21.4 Å². The molecule has 0 aliphatic heterocycles. The fraction of sp³-hybridized carbons (Fsp3) is 0.273. The summed E-state index contributed by atoms with van der Waals surface area (Å²) in [6, 6.07) is 4.09. The minimum Gasteiger partial charge on any atom is -0.508 e. The highest BCUT2D eigenvalue weighted by atomic mass is 35.5. The van der Waals surface area contributed by atoms with Crippen LogP contribution in [0.5, 0.6) is 5.75 Å². The Morgan fingerprint density at radius 2 is 2.05 bits per heavy atom. The number of halogens is 4. The van der Waals surface area contributed by atoms with Gasteiger partial charge in [-0.25, -0.2) is 0 Å². The quantitative estimate of drug-likeness (QED) is 0.939. The lowest BCUT2D eigenvalue weighted by Crippen LogP contribution is -2.09. The molecule has 0 radical (unpaired) electrons. The van der Waals surface area contributed by atoms with E-state index >= 15 is 0 Å². The van der Waals surface area contributed by atoms with Crippen molar-refractivity contribution < 1.29 is 22.8 Å². The fourth-order valence-corrected chi connectivity index (χ4v) is 1.59. The Bertz CT molecular complexity index is 584. The van der Waals surface area contributed by atoms with Crippen molar-refractivity contribution in [3.05, 3.63) is 29.0 Å². The highest BCUT2D eigenvalue weighted by Crippen LogP contribution is 2.30. The Kier molecular flexibility index (Phi) is 3.66. The Morgan fingerprint density at radius 3 is 2.74 bits per heavy atom. The molecule has 2 rings (SSSR count). The van der Waals surface area contributed by atoms with Gasteiger partial charge in [0.2, 0.25) is 0 Å². The Balaban J connectivity index is 2.19. The summed E-state index contributed by atoms with van der Waals surface area (Å²) >= 11 is 5.87. The summed E-state index contributed by atoms with van der Waals surface area (Å²) in [6.07, 6.45) is -5.67. The number of nitrogens with zero attached hydrogens (tertiary/aromatic N) is 2.